The molecular weight excluding hydrogens is 236 g/mol. The minimum Gasteiger partial charge on any atom is -0.437 e. The van der Waals surface area contributed by atoms with E-state index in [0.717, 1.165) is 11.1 Å². The zero-order chi connectivity index (χ0) is 14.0. The summed E-state index contributed by atoms with van der Waals surface area (Å²) in [5.41, 5.74) is 1.71. The predicted molar refractivity (Wildman–Crippen MR) is 67.1 cm³/mol. The van der Waals surface area contributed by atoms with Crippen LogP contribution in [0.4, 0.5) is 0 Å². The average molecular weight is 256 g/mol. The molecule has 0 heterocycles. The molecule has 0 saturated heterocycles. The quantitative estimate of drug-likeness (QED) is 0.602. The minimum atomic E-state index is -1.31. The second kappa shape index (κ2) is 9.58. The normalized spacial score (nSPS) is 12.9. The lowest BCUT2D eigenvalue weighted by Gasteiger charge is -2.20. The van der Waals surface area contributed by atoms with Gasteiger partial charge in [0.1, 0.15) is 0 Å². The summed E-state index contributed by atoms with van der Waals surface area (Å²) in [6.45, 7) is 1.76. The van der Waals surface area contributed by atoms with Gasteiger partial charge >= 0.3 is 0 Å². The Hall–Kier alpha value is -1.43. The van der Waals surface area contributed by atoms with Gasteiger partial charge in [-0.2, -0.15) is 0 Å². The van der Waals surface area contributed by atoms with Crippen molar-refractivity contribution in [2.24, 2.45) is 0 Å². The second-order valence-electron chi connectivity index (χ2n) is 3.68. The summed E-state index contributed by atoms with van der Waals surface area (Å²) in [7, 11) is 3.25. The monoisotopic (exact) mass is 256 g/mol. The predicted octanol–water partition coefficient (Wildman–Crippen LogP) is 0.825. The molecule has 5 heteroatoms. The van der Waals surface area contributed by atoms with Crippen LogP contribution in [0.1, 0.15) is 17.0 Å². The smallest absolute Gasteiger partial charge is 0.295 e. The molecule has 0 aliphatic rings. The van der Waals surface area contributed by atoms with E-state index >= 15 is 0 Å². The molecule has 1 rings (SSSR count). The Morgan fingerprint density at radius 3 is 2.33 bits per heavy atom. The third kappa shape index (κ3) is 5.27. The Kier molecular flexibility index (Phi) is 8.82. The summed E-state index contributed by atoms with van der Waals surface area (Å²) in [6.07, 6.45) is -1.31. The molecule has 0 fully saturated rings. The summed E-state index contributed by atoms with van der Waals surface area (Å²) in [5, 5.41) is 18.6. The third-order valence-corrected chi connectivity index (χ3v) is 2.32. The molecule has 102 valence electrons. The van der Waals surface area contributed by atoms with Crippen LogP contribution in [0, 0.1) is 6.92 Å². The molecule has 2 unspecified atom stereocenters. The summed E-state index contributed by atoms with van der Waals surface area (Å²) < 4.78 is 8.67. The second-order valence-corrected chi connectivity index (χ2v) is 3.68. The van der Waals surface area contributed by atoms with Gasteiger partial charge in [0.25, 0.3) is 6.47 Å². The van der Waals surface area contributed by atoms with Crippen molar-refractivity contribution in [1.29, 1.82) is 0 Å². The molecule has 18 heavy (non-hydrogen) atoms. The third-order valence-electron chi connectivity index (χ3n) is 2.32. The number of aryl methyl sites for hydroxylation is 1. The highest BCUT2D eigenvalue weighted by Gasteiger charge is 2.22. The van der Waals surface area contributed by atoms with Crippen LogP contribution < -0.4 is 0 Å². The van der Waals surface area contributed by atoms with Gasteiger partial charge in [0, 0.05) is 14.2 Å². The van der Waals surface area contributed by atoms with E-state index in [1.807, 2.05) is 19.1 Å². The number of hydrogen-bond acceptors (Lipinski definition) is 5. The minimum absolute atomic E-state index is 0.172. The maximum absolute atomic E-state index is 10.1. The molecule has 0 saturated carbocycles. The van der Waals surface area contributed by atoms with Crippen molar-refractivity contribution in [2.75, 3.05) is 20.8 Å². The molecule has 0 aromatic heterocycles. The van der Waals surface area contributed by atoms with Gasteiger partial charge in [-0.15, -0.1) is 0 Å². The number of ether oxygens (including phenoxy) is 2. The molecule has 2 N–H and O–H groups in total. The first-order chi connectivity index (χ1) is 8.62. The van der Waals surface area contributed by atoms with Crippen molar-refractivity contribution in [3.8, 4) is 0 Å². The van der Waals surface area contributed by atoms with Gasteiger partial charge in [-0.25, -0.2) is 0 Å². The van der Waals surface area contributed by atoms with Crippen molar-refractivity contribution in [1.82, 2.24) is 0 Å². The number of aliphatic hydroxyl groups is 2. The maximum Gasteiger partial charge on any atom is 0.295 e. The fourth-order valence-electron chi connectivity index (χ4n) is 1.50. The number of rotatable bonds is 5. The molecule has 0 amide bonds. The maximum atomic E-state index is 10.1. The van der Waals surface area contributed by atoms with E-state index in [1.165, 1.54) is 0 Å². The zero-order valence-corrected chi connectivity index (χ0v) is 10.9. The standard InChI is InChI=1S/C11H14O4.C2H6O/c1-8-4-2-3-5-9(8)10(6-12)11(14)15-7-13;1-3-2/h2-5,7,10-12,14H,6H2,1H3;1-2H3. The fraction of sp³-hybridized carbons (Fsp3) is 0.462. The van der Waals surface area contributed by atoms with Crippen molar-refractivity contribution in [3.05, 3.63) is 35.4 Å². The van der Waals surface area contributed by atoms with Crippen molar-refractivity contribution < 1.29 is 24.5 Å². The van der Waals surface area contributed by atoms with Crippen LogP contribution >= 0.6 is 0 Å². The summed E-state index contributed by atoms with van der Waals surface area (Å²) in [5.74, 6) is -0.601. The molecule has 0 bridgehead atoms. The number of aliphatic hydroxyl groups excluding tert-OH is 2. The van der Waals surface area contributed by atoms with Crippen LogP contribution in [0.3, 0.4) is 0 Å². The van der Waals surface area contributed by atoms with E-state index in [1.54, 1.807) is 26.4 Å². The Labute approximate surface area is 107 Å². The van der Waals surface area contributed by atoms with E-state index in [2.05, 4.69) is 9.47 Å². The van der Waals surface area contributed by atoms with Crippen LogP contribution in [-0.4, -0.2) is 43.8 Å². The van der Waals surface area contributed by atoms with Gasteiger partial charge < -0.3 is 19.7 Å². The average Bonchev–Trinajstić information content (AvgIpc) is 2.34. The van der Waals surface area contributed by atoms with Gasteiger partial charge in [0.05, 0.1) is 12.5 Å². The number of carbonyl (C=O) groups is 1. The molecule has 1 aromatic carbocycles. The lowest BCUT2D eigenvalue weighted by Crippen LogP contribution is -2.25. The molecule has 0 spiro atoms. The molecule has 5 nitrogen and oxygen atoms in total. The van der Waals surface area contributed by atoms with E-state index < -0.39 is 12.2 Å². The molecular formula is C13H20O5. The highest BCUT2D eigenvalue weighted by molar-refractivity contribution is 5.38. The number of hydrogen-bond donors (Lipinski definition) is 2. The van der Waals surface area contributed by atoms with Crippen LogP contribution in [0.2, 0.25) is 0 Å². The topological polar surface area (TPSA) is 76.0 Å². The Morgan fingerprint density at radius 2 is 1.89 bits per heavy atom. The first-order valence-electron chi connectivity index (χ1n) is 5.46. The first-order valence-corrected chi connectivity index (χ1v) is 5.46. The van der Waals surface area contributed by atoms with Gasteiger partial charge in [-0.1, -0.05) is 24.3 Å². The Balaban J connectivity index is 0.000000873. The zero-order valence-electron chi connectivity index (χ0n) is 10.9. The molecule has 0 radical (unpaired) electrons. The van der Waals surface area contributed by atoms with Gasteiger partial charge in [-0.05, 0) is 18.1 Å². The fourth-order valence-corrected chi connectivity index (χ4v) is 1.50. The van der Waals surface area contributed by atoms with Gasteiger partial charge in [0.15, 0.2) is 0 Å². The SMILES string of the molecule is COC.Cc1ccccc1C(CO)C(O)OC=O. The summed E-state index contributed by atoms with van der Waals surface area (Å²) in [4.78, 5) is 10.1. The highest BCUT2D eigenvalue weighted by atomic mass is 16.6. The van der Waals surface area contributed by atoms with Crippen LogP contribution in [0.5, 0.6) is 0 Å². The molecule has 0 aliphatic heterocycles. The Morgan fingerprint density at radius 1 is 1.33 bits per heavy atom. The largest absolute Gasteiger partial charge is 0.437 e. The lowest BCUT2D eigenvalue weighted by atomic mass is 9.95. The number of carbonyl (C=O) groups excluding carboxylic acids is 1. The van der Waals surface area contributed by atoms with Crippen LogP contribution in [0.15, 0.2) is 24.3 Å². The van der Waals surface area contributed by atoms with Gasteiger partial charge in [0.2, 0.25) is 6.29 Å². The van der Waals surface area contributed by atoms with Crippen LogP contribution in [0.25, 0.3) is 0 Å². The van der Waals surface area contributed by atoms with E-state index in [4.69, 9.17) is 5.11 Å². The molecule has 1 aromatic rings. The number of methoxy groups -OCH3 is 1. The Bertz CT molecular complexity index is 340. The van der Waals surface area contributed by atoms with E-state index in [-0.39, 0.29) is 13.1 Å². The molecule has 2 atom stereocenters. The van der Waals surface area contributed by atoms with Gasteiger partial charge in [-0.3, -0.25) is 4.79 Å². The van der Waals surface area contributed by atoms with Crippen LogP contribution in [-0.2, 0) is 14.3 Å². The van der Waals surface area contributed by atoms with E-state index in [9.17, 15) is 9.90 Å². The number of benzene rings is 1. The first kappa shape index (κ1) is 16.6. The van der Waals surface area contributed by atoms with Crippen molar-refractivity contribution >= 4 is 6.47 Å². The summed E-state index contributed by atoms with van der Waals surface area (Å²) in [6, 6.07) is 7.32. The molecule has 0 aliphatic carbocycles. The summed E-state index contributed by atoms with van der Waals surface area (Å²) >= 11 is 0. The van der Waals surface area contributed by atoms with E-state index in [0.29, 0.717) is 0 Å². The van der Waals surface area contributed by atoms with Crippen molar-refractivity contribution in [3.63, 3.8) is 0 Å². The lowest BCUT2D eigenvalue weighted by molar-refractivity contribution is -0.157. The van der Waals surface area contributed by atoms with Crippen molar-refractivity contribution in [2.45, 2.75) is 19.1 Å². The highest BCUT2D eigenvalue weighted by Crippen LogP contribution is 2.22.